The number of rotatable bonds is 2. The average Bonchev–Trinajstić information content (AvgIpc) is 3.48. The Kier molecular flexibility index (Phi) is 5.21. The van der Waals surface area contributed by atoms with Crippen molar-refractivity contribution in [3.8, 4) is 6.07 Å². The molecular weight excluding hydrogens is 503 g/mol. The molecule has 6 rings (SSSR count). The van der Waals surface area contributed by atoms with Crippen LogP contribution in [0.5, 0.6) is 0 Å². The van der Waals surface area contributed by atoms with Crippen LogP contribution in [0, 0.1) is 22.6 Å². The maximum Gasteiger partial charge on any atom is 0.247 e. The standard InChI is InChI=1S/C30H24ClFN4O2/c1-29(2)15-24-26(25(37)16-29)30(19-8-4-5-9-23(19)34(3)28(30)38)20(17-33)27(35-12-6-7-13-35)36(24)18-10-11-22(32)21(31)14-18/h4-14H,15-16H2,1-3H3/t30-/m0/s1. The minimum atomic E-state index is -1.61. The molecule has 3 aliphatic rings. The van der Waals surface area contributed by atoms with Gasteiger partial charge in [0.2, 0.25) is 5.91 Å². The molecular formula is C30H24ClFN4O2. The number of carbonyl (C=O) groups excluding carboxylic acids is 2. The smallest absolute Gasteiger partial charge is 0.247 e. The van der Waals surface area contributed by atoms with E-state index < -0.39 is 16.6 Å². The van der Waals surface area contributed by atoms with Gasteiger partial charge in [0.25, 0.3) is 0 Å². The molecule has 1 spiro atoms. The monoisotopic (exact) mass is 526 g/mol. The number of likely N-dealkylation sites (N-methyl/N-ethyl adjacent to an activating group) is 1. The van der Waals surface area contributed by atoms with Gasteiger partial charge in [0.05, 0.1) is 10.6 Å². The van der Waals surface area contributed by atoms with Gasteiger partial charge in [-0.2, -0.15) is 5.26 Å². The van der Waals surface area contributed by atoms with Crippen molar-refractivity contribution in [1.82, 2.24) is 4.57 Å². The van der Waals surface area contributed by atoms with E-state index in [9.17, 15) is 19.2 Å². The van der Waals surface area contributed by atoms with E-state index in [1.165, 1.54) is 17.0 Å². The summed E-state index contributed by atoms with van der Waals surface area (Å²) in [5.74, 6) is -0.709. The molecule has 3 heterocycles. The first-order valence-electron chi connectivity index (χ1n) is 12.3. The van der Waals surface area contributed by atoms with Gasteiger partial charge in [-0.3, -0.25) is 14.5 Å². The van der Waals surface area contributed by atoms with Crippen LogP contribution < -0.4 is 9.80 Å². The van der Waals surface area contributed by atoms with Gasteiger partial charge in [-0.25, -0.2) is 4.39 Å². The number of ketones is 1. The quantitative estimate of drug-likeness (QED) is 0.407. The van der Waals surface area contributed by atoms with Crippen LogP contribution in [0.4, 0.5) is 15.8 Å². The van der Waals surface area contributed by atoms with E-state index in [4.69, 9.17) is 11.6 Å². The lowest BCUT2D eigenvalue weighted by Crippen LogP contribution is -2.52. The third-order valence-corrected chi connectivity index (χ3v) is 8.01. The largest absolute Gasteiger partial charge is 0.314 e. The Morgan fingerprint density at radius 3 is 2.42 bits per heavy atom. The predicted octanol–water partition coefficient (Wildman–Crippen LogP) is 6.05. The number of nitrogens with zero attached hydrogens (tertiary/aromatic N) is 4. The Hall–Kier alpha value is -4.15. The maximum atomic E-state index is 14.4. The Morgan fingerprint density at radius 1 is 1.03 bits per heavy atom. The fraction of sp³-hybridized carbons (Fsp3) is 0.233. The third-order valence-electron chi connectivity index (χ3n) is 7.72. The van der Waals surface area contributed by atoms with Crippen molar-refractivity contribution in [2.45, 2.75) is 32.1 Å². The number of benzene rings is 2. The second-order valence-electron chi connectivity index (χ2n) is 10.7. The number of hydrogen-bond donors (Lipinski definition) is 0. The summed E-state index contributed by atoms with van der Waals surface area (Å²) in [6.45, 7) is 4.01. The van der Waals surface area contributed by atoms with E-state index in [1.807, 2.05) is 50.2 Å². The van der Waals surface area contributed by atoms with E-state index >= 15 is 0 Å². The van der Waals surface area contributed by atoms with Crippen LogP contribution in [0.2, 0.25) is 5.02 Å². The van der Waals surface area contributed by atoms with E-state index in [-0.39, 0.29) is 28.7 Å². The summed E-state index contributed by atoms with van der Waals surface area (Å²) in [5, 5.41) is 10.7. The van der Waals surface area contributed by atoms with E-state index in [0.29, 0.717) is 40.5 Å². The second-order valence-corrected chi connectivity index (χ2v) is 11.1. The first kappa shape index (κ1) is 24.2. The van der Waals surface area contributed by atoms with E-state index in [0.717, 1.165) is 0 Å². The number of para-hydroxylation sites is 1. The van der Waals surface area contributed by atoms with Crippen LogP contribution in [0.15, 0.2) is 83.8 Å². The predicted molar refractivity (Wildman–Crippen MR) is 144 cm³/mol. The first-order valence-corrected chi connectivity index (χ1v) is 12.7. The highest BCUT2D eigenvalue weighted by atomic mass is 35.5. The lowest BCUT2D eigenvalue weighted by molar-refractivity contribution is -0.124. The highest BCUT2D eigenvalue weighted by molar-refractivity contribution is 6.31. The Morgan fingerprint density at radius 2 is 1.74 bits per heavy atom. The van der Waals surface area contributed by atoms with Crippen molar-refractivity contribution in [2.75, 3.05) is 16.8 Å². The molecule has 1 amide bonds. The van der Waals surface area contributed by atoms with Crippen molar-refractivity contribution >= 4 is 40.5 Å². The number of carbonyl (C=O) groups is 2. The van der Waals surface area contributed by atoms with Crippen LogP contribution in [0.1, 0.15) is 32.3 Å². The number of allylic oxidation sites excluding steroid dienone is 1. The molecule has 0 N–H and O–H groups in total. The Bertz CT molecular complexity index is 1650. The summed E-state index contributed by atoms with van der Waals surface area (Å²) in [4.78, 5) is 31.9. The summed E-state index contributed by atoms with van der Waals surface area (Å²) in [5.41, 5.74) is 0.754. The summed E-state index contributed by atoms with van der Waals surface area (Å²) in [7, 11) is 1.67. The van der Waals surface area contributed by atoms with Gasteiger partial charge in [0, 0.05) is 54.1 Å². The first-order chi connectivity index (χ1) is 18.1. The fourth-order valence-electron chi connectivity index (χ4n) is 6.24. The van der Waals surface area contributed by atoms with Crippen LogP contribution in [-0.4, -0.2) is 23.3 Å². The number of nitriles is 1. The highest BCUT2D eigenvalue weighted by Crippen LogP contribution is 2.59. The SMILES string of the molecule is CN1C(=O)[C@]2(C(C#N)=C(n3cccc3)N(c3ccc(F)c(Cl)c3)C3=C2C(=O)CC(C)(C)C3)c2ccccc21. The number of halogens is 2. The summed E-state index contributed by atoms with van der Waals surface area (Å²) in [6, 6.07) is 17.6. The molecule has 1 aliphatic carbocycles. The van der Waals surface area contributed by atoms with Crippen molar-refractivity contribution in [3.63, 3.8) is 0 Å². The molecule has 0 radical (unpaired) electrons. The number of hydrogen-bond acceptors (Lipinski definition) is 4. The highest BCUT2D eigenvalue weighted by Gasteiger charge is 2.63. The summed E-state index contributed by atoms with van der Waals surface area (Å²) >= 11 is 6.23. The molecule has 6 nitrogen and oxygen atoms in total. The second kappa shape index (κ2) is 8.17. The topological polar surface area (TPSA) is 69.3 Å². The van der Waals surface area contributed by atoms with Gasteiger partial charge in [-0.05, 0) is 48.2 Å². The third kappa shape index (κ3) is 3.10. The van der Waals surface area contributed by atoms with Crippen molar-refractivity contribution in [2.24, 2.45) is 5.41 Å². The molecule has 0 saturated carbocycles. The zero-order chi connectivity index (χ0) is 27.0. The normalized spacial score (nSPS) is 22.2. The number of fused-ring (bicyclic) bond motifs is 3. The fourth-order valence-corrected chi connectivity index (χ4v) is 6.41. The molecule has 1 aromatic heterocycles. The van der Waals surface area contributed by atoms with Crippen LogP contribution in [0.25, 0.3) is 5.82 Å². The minimum Gasteiger partial charge on any atom is -0.314 e. The zero-order valence-electron chi connectivity index (χ0n) is 21.1. The van der Waals surface area contributed by atoms with E-state index in [1.54, 1.807) is 35.0 Å². The summed E-state index contributed by atoms with van der Waals surface area (Å²) in [6.07, 6.45) is 4.25. The summed E-state index contributed by atoms with van der Waals surface area (Å²) < 4.78 is 16.0. The zero-order valence-corrected chi connectivity index (χ0v) is 21.9. The van der Waals surface area contributed by atoms with Gasteiger partial charge in [-0.1, -0.05) is 43.6 Å². The van der Waals surface area contributed by atoms with Crippen molar-refractivity contribution in [1.29, 1.82) is 5.26 Å². The number of aromatic nitrogens is 1. The van der Waals surface area contributed by atoms with Gasteiger partial charge in [0.15, 0.2) is 5.78 Å². The van der Waals surface area contributed by atoms with Crippen molar-refractivity contribution in [3.05, 3.63) is 100 Å². The van der Waals surface area contributed by atoms with Gasteiger partial charge in [0.1, 0.15) is 23.1 Å². The number of anilines is 2. The van der Waals surface area contributed by atoms with E-state index in [2.05, 4.69) is 6.07 Å². The minimum absolute atomic E-state index is 0.0845. The maximum absolute atomic E-state index is 14.4. The molecule has 3 aromatic rings. The van der Waals surface area contributed by atoms with Crippen molar-refractivity contribution < 1.29 is 14.0 Å². The molecule has 0 fully saturated rings. The molecule has 0 bridgehead atoms. The van der Waals surface area contributed by atoms with Gasteiger partial charge < -0.3 is 9.47 Å². The molecule has 1 atom stereocenters. The molecule has 2 aliphatic heterocycles. The Labute approximate surface area is 224 Å². The van der Waals surface area contributed by atoms with Crippen LogP contribution >= 0.6 is 11.6 Å². The lowest BCUT2D eigenvalue weighted by Gasteiger charge is -2.47. The Balaban J connectivity index is 1.81. The van der Waals surface area contributed by atoms with Gasteiger partial charge in [-0.15, -0.1) is 0 Å². The van der Waals surface area contributed by atoms with Crippen LogP contribution in [0.3, 0.4) is 0 Å². The molecule has 0 unspecified atom stereocenters. The number of amides is 1. The lowest BCUT2D eigenvalue weighted by atomic mass is 9.60. The molecule has 2 aromatic carbocycles. The molecule has 190 valence electrons. The molecule has 38 heavy (non-hydrogen) atoms. The average molecular weight is 527 g/mol. The van der Waals surface area contributed by atoms with Gasteiger partial charge >= 0.3 is 0 Å². The van der Waals surface area contributed by atoms with Crippen LogP contribution in [-0.2, 0) is 15.0 Å². The molecule has 0 saturated heterocycles. The number of Topliss-reactive ketones (excluding diaryl/α,β-unsaturated/α-hetero) is 1. The molecule has 8 heteroatoms.